The number of thiazole rings is 1. The number of aryl methyl sites for hydroxylation is 2. The van der Waals surface area contributed by atoms with Gasteiger partial charge in [-0.05, 0) is 38.0 Å². The molecule has 0 saturated carbocycles. The van der Waals surface area contributed by atoms with Crippen LogP contribution in [0.15, 0.2) is 63.5 Å². The van der Waals surface area contributed by atoms with Gasteiger partial charge in [-0.25, -0.2) is 9.98 Å². The van der Waals surface area contributed by atoms with Crippen LogP contribution in [0.2, 0.25) is 0 Å². The minimum Gasteiger partial charge on any atom is -0.466 e. The van der Waals surface area contributed by atoms with Crippen molar-refractivity contribution in [2.75, 3.05) is 13.1 Å². The monoisotopic (exact) mass is 412 g/mol. The lowest BCUT2D eigenvalue weighted by atomic mass is 10.0. The predicted molar refractivity (Wildman–Crippen MR) is 117 cm³/mol. The fourth-order valence-corrected chi connectivity index (χ4v) is 3.65. The summed E-state index contributed by atoms with van der Waals surface area (Å²) in [5, 5.41) is 20.1. The molecule has 6 nitrogen and oxygen atoms in total. The van der Waals surface area contributed by atoms with E-state index in [1.54, 1.807) is 36.7 Å². The molecule has 0 amide bonds. The Balaban J connectivity index is 1.54. The molecule has 7 heteroatoms. The summed E-state index contributed by atoms with van der Waals surface area (Å²) in [5.41, 5.74) is 1.16. The molecule has 0 aliphatic heterocycles. The van der Waals surface area contributed by atoms with E-state index in [9.17, 15) is 5.11 Å². The van der Waals surface area contributed by atoms with Crippen LogP contribution >= 0.6 is 11.3 Å². The minimum atomic E-state index is -1.12. The van der Waals surface area contributed by atoms with Crippen molar-refractivity contribution in [1.82, 2.24) is 15.6 Å². The lowest BCUT2D eigenvalue weighted by molar-refractivity contribution is 0.0386. The second kappa shape index (κ2) is 10.2. The van der Waals surface area contributed by atoms with Gasteiger partial charge in [-0.1, -0.05) is 30.3 Å². The fraction of sp³-hybridized carbons (Fsp3) is 0.364. The van der Waals surface area contributed by atoms with Crippen LogP contribution in [0.4, 0.5) is 0 Å². The van der Waals surface area contributed by atoms with Gasteiger partial charge in [-0.15, -0.1) is 11.3 Å². The highest BCUT2D eigenvalue weighted by atomic mass is 32.1. The fourth-order valence-electron chi connectivity index (χ4n) is 2.86. The van der Waals surface area contributed by atoms with Gasteiger partial charge in [0, 0.05) is 18.3 Å². The zero-order chi connectivity index (χ0) is 20.5. The Kier molecular flexibility index (Phi) is 7.43. The number of aromatic nitrogens is 1. The molecule has 0 radical (unpaired) electrons. The molecule has 0 fully saturated rings. The number of hydrogen-bond acceptors (Lipinski definition) is 5. The molecule has 1 unspecified atom stereocenters. The van der Waals surface area contributed by atoms with E-state index in [0.29, 0.717) is 18.3 Å². The highest BCUT2D eigenvalue weighted by molar-refractivity contribution is 7.09. The molecule has 0 saturated heterocycles. The van der Waals surface area contributed by atoms with E-state index >= 15 is 0 Å². The first-order chi connectivity index (χ1) is 14.1. The Labute approximate surface area is 175 Å². The molecule has 29 heavy (non-hydrogen) atoms. The first-order valence-electron chi connectivity index (χ1n) is 9.82. The van der Waals surface area contributed by atoms with Gasteiger partial charge in [0.1, 0.15) is 11.4 Å². The quantitative estimate of drug-likeness (QED) is 0.370. The van der Waals surface area contributed by atoms with Gasteiger partial charge in [0.2, 0.25) is 0 Å². The van der Waals surface area contributed by atoms with E-state index in [1.165, 1.54) is 5.56 Å². The van der Waals surface area contributed by atoms with Crippen molar-refractivity contribution < 1.29 is 9.52 Å². The molecule has 1 aromatic carbocycles. The Morgan fingerprint density at radius 2 is 2.00 bits per heavy atom. The molecule has 0 aliphatic rings. The molecule has 2 aromatic heterocycles. The SMILES string of the molecule is CCNC(=NCc1csc(CCc2ccccc2)n1)NCC(C)(O)c1ccco1. The van der Waals surface area contributed by atoms with Crippen LogP contribution in [0.1, 0.15) is 35.9 Å². The summed E-state index contributed by atoms with van der Waals surface area (Å²) in [4.78, 5) is 9.30. The van der Waals surface area contributed by atoms with Crippen LogP contribution in [-0.2, 0) is 25.0 Å². The van der Waals surface area contributed by atoms with Gasteiger partial charge >= 0.3 is 0 Å². The number of nitrogens with zero attached hydrogens (tertiary/aromatic N) is 2. The number of benzene rings is 1. The number of furan rings is 1. The van der Waals surface area contributed by atoms with Gasteiger partial charge in [-0.3, -0.25) is 0 Å². The Bertz CT molecular complexity index is 889. The van der Waals surface area contributed by atoms with Crippen LogP contribution in [0.25, 0.3) is 0 Å². The van der Waals surface area contributed by atoms with Crippen LogP contribution in [0.3, 0.4) is 0 Å². The Hall–Kier alpha value is -2.64. The average molecular weight is 413 g/mol. The first-order valence-corrected chi connectivity index (χ1v) is 10.7. The van der Waals surface area contributed by atoms with Gasteiger partial charge in [0.25, 0.3) is 0 Å². The zero-order valence-corrected chi connectivity index (χ0v) is 17.7. The van der Waals surface area contributed by atoms with Gasteiger partial charge in [0.05, 0.1) is 30.1 Å². The maximum atomic E-state index is 10.6. The van der Waals surface area contributed by atoms with Crippen molar-refractivity contribution in [3.8, 4) is 0 Å². The number of nitrogens with one attached hydrogen (secondary N) is 2. The Morgan fingerprint density at radius 1 is 1.17 bits per heavy atom. The number of hydrogen-bond donors (Lipinski definition) is 3. The topological polar surface area (TPSA) is 82.7 Å². The van der Waals surface area contributed by atoms with Crippen molar-refractivity contribution >= 4 is 17.3 Å². The van der Waals surface area contributed by atoms with E-state index in [1.807, 2.05) is 13.0 Å². The lowest BCUT2D eigenvalue weighted by Crippen LogP contribution is -2.44. The van der Waals surface area contributed by atoms with Gasteiger partial charge in [-0.2, -0.15) is 0 Å². The zero-order valence-electron chi connectivity index (χ0n) is 16.9. The van der Waals surface area contributed by atoms with Gasteiger partial charge < -0.3 is 20.2 Å². The van der Waals surface area contributed by atoms with Crippen LogP contribution in [0.5, 0.6) is 0 Å². The minimum absolute atomic E-state index is 0.283. The van der Waals surface area contributed by atoms with Crippen LogP contribution in [0, 0.1) is 0 Å². The number of aliphatic hydroxyl groups is 1. The van der Waals surface area contributed by atoms with Crippen molar-refractivity contribution in [3.05, 3.63) is 76.1 Å². The summed E-state index contributed by atoms with van der Waals surface area (Å²) in [7, 11) is 0. The normalized spacial score (nSPS) is 13.8. The second-order valence-corrected chi connectivity index (χ2v) is 7.96. The summed E-state index contributed by atoms with van der Waals surface area (Å²) in [6, 6.07) is 14.0. The Morgan fingerprint density at radius 3 is 2.72 bits per heavy atom. The number of aliphatic imine (C=N–C) groups is 1. The van der Waals surface area contributed by atoms with Crippen molar-refractivity contribution in [2.45, 2.75) is 38.8 Å². The maximum Gasteiger partial charge on any atom is 0.191 e. The molecule has 1 atom stereocenters. The molecule has 0 aliphatic carbocycles. The summed E-state index contributed by atoms with van der Waals surface area (Å²) in [6.45, 7) is 5.22. The highest BCUT2D eigenvalue weighted by Gasteiger charge is 2.26. The molecular formula is C22H28N4O2S. The summed E-state index contributed by atoms with van der Waals surface area (Å²) < 4.78 is 5.32. The summed E-state index contributed by atoms with van der Waals surface area (Å²) >= 11 is 1.68. The van der Waals surface area contributed by atoms with Crippen molar-refractivity contribution in [2.24, 2.45) is 4.99 Å². The average Bonchev–Trinajstić information content (AvgIpc) is 3.42. The number of guanidine groups is 1. The number of rotatable bonds is 9. The molecule has 2 heterocycles. The molecule has 3 N–H and O–H groups in total. The van der Waals surface area contributed by atoms with E-state index < -0.39 is 5.60 Å². The molecule has 3 aromatic rings. The van der Waals surface area contributed by atoms with Crippen LogP contribution in [-0.4, -0.2) is 29.1 Å². The van der Waals surface area contributed by atoms with Crippen LogP contribution < -0.4 is 10.6 Å². The third-order valence-corrected chi connectivity index (χ3v) is 5.42. The molecule has 3 rings (SSSR count). The highest BCUT2D eigenvalue weighted by Crippen LogP contribution is 2.19. The van der Waals surface area contributed by atoms with Crippen molar-refractivity contribution in [3.63, 3.8) is 0 Å². The second-order valence-electron chi connectivity index (χ2n) is 7.02. The molecular weight excluding hydrogens is 384 g/mol. The molecule has 154 valence electrons. The smallest absolute Gasteiger partial charge is 0.191 e. The first kappa shape index (κ1) is 21.1. The van der Waals surface area contributed by atoms with E-state index in [0.717, 1.165) is 30.1 Å². The standard InChI is InChI=1S/C22H28N4O2S/c1-3-23-21(25-16-22(2,27)19-10-7-13-28-19)24-14-18-15-29-20(26-18)12-11-17-8-5-4-6-9-17/h4-10,13,15,27H,3,11-12,14,16H2,1-2H3,(H2,23,24,25). The molecule has 0 bridgehead atoms. The lowest BCUT2D eigenvalue weighted by Gasteiger charge is -2.22. The van der Waals surface area contributed by atoms with E-state index in [4.69, 9.17) is 9.40 Å². The summed E-state index contributed by atoms with van der Waals surface area (Å²) in [6.07, 6.45) is 3.48. The third-order valence-electron chi connectivity index (χ3n) is 4.47. The predicted octanol–water partition coefficient (Wildman–Crippen LogP) is 3.48. The van der Waals surface area contributed by atoms with Crippen molar-refractivity contribution in [1.29, 1.82) is 0 Å². The van der Waals surface area contributed by atoms with Gasteiger partial charge in [0.15, 0.2) is 5.96 Å². The van der Waals surface area contributed by atoms with E-state index in [-0.39, 0.29) is 6.54 Å². The maximum absolute atomic E-state index is 10.6. The molecule has 0 spiro atoms. The third kappa shape index (κ3) is 6.44. The van der Waals surface area contributed by atoms with E-state index in [2.05, 4.69) is 45.3 Å². The largest absolute Gasteiger partial charge is 0.466 e. The summed E-state index contributed by atoms with van der Waals surface area (Å²) in [5.74, 6) is 1.15.